The van der Waals surface area contributed by atoms with Gasteiger partial charge in [0.15, 0.2) is 0 Å². The molecular weight excluding hydrogens is 416 g/mol. The zero-order valence-corrected chi connectivity index (χ0v) is 10.9. The van der Waals surface area contributed by atoms with Crippen molar-refractivity contribution in [3.05, 3.63) is 0 Å². The molecule has 0 saturated carbocycles. The van der Waals surface area contributed by atoms with Crippen LogP contribution in [-0.4, -0.2) is 24.4 Å². The van der Waals surface area contributed by atoms with Crippen LogP contribution in [-0.2, 0) is 21.1 Å². The number of primary amides is 4. The van der Waals surface area contributed by atoms with E-state index in [0.29, 0.717) is 0 Å². The van der Waals surface area contributed by atoms with Gasteiger partial charge in [0.2, 0.25) is 0 Å². The Morgan fingerprint density at radius 3 is 0.529 bits per heavy atom. The smallest absolute Gasteiger partial charge is 0.131 e. The molecule has 0 atom stereocenters. The van der Waals surface area contributed by atoms with Crippen molar-refractivity contribution in [1.29, 1.82) is 0 Å². The molecule has 0 fully saturated rings. The standard InChI is InChI=1S/4CH3NO2.W/c4*2-1(3)4;/h4*2H2,(H,3,4);/p-4. The summed E-state index contributed by atoms with van der Waals surface area (Å²) in [5.74, 6) is 0. The van der Waals surface area contributed by atoms with Crippen LogP contribution in [0.5, 0.6) is 0 Å². The Labute approximate surface area is 108 Å². The fourth-order valence-corrected chi connectivity index (χ4v) is 0. The van der Waals surface area contributed by atoms with Gasteiger partial charge >= 0.3 is 0 Å². The van der Waals surface area contributed by atoms with E-state index in [1.807, 2.05) is 0 Å². The molecule has 102 valence electrons. The molecule has 0 aromatic heterocycles. The van der Waals surface area contributed by atoms with E-state index < -0.39 is 24.4 Å². The van der Waals surface area contributed by atoms with Crippen LogP contribution in [0, 0.1) is 0 Å². The molecule has 12 nitrogen and oxygen atoms in total. The summed E-state index contributed by atoms with van der Waals surface area (Å²) in [6, 6.07) is 0. The summed E-state index contributed by atoms with van der Waals surface area (Å²) in [7, 11) is 0. The normalized spacial score (nSPS) is 5.65. The van der Waals surface area contributed by atoms with Gasteiger partial charge in [-0.25, -0.2) is 0 Å². The molecule has 0 aliphatic rings. The number of nitrogens with two attached hydrogens (primary N) is 4. The monoisotopic (exact) mass is 424 g/mol. The quantitative estimate of drug-likeness (QED) is 0.289. The van der Waals surface area contributed by atoms with E-state index >= 15 is 0 Å². The minimum atomic E-state index is -1.58. The van der Waals surface area contributed by atoms with Crippen LogP contribution < -0.4 is 43.4 Å². The molecule has 8 N–H and O–H groups in total. The summed E-state index contributed by atoms with van der Waals surface area (Å²) < 4.78 is 0. The van der Waals surface area contributed by atoms with E-state index in [1.54, 1.807) is 0 Å². The fourth-order valence-electron chi connectivity index (χ4n) is 0. The van der Waals surface area contributed by atoms with Crippen LogP contribution in [0.15, 0.2) is 0 Å². The average Bonchev–Trinajstić information content (AvgIpc) is 1.76. The molecule has 0 bridgehead atoms. The number of carboxylic acid groups (broad SMARTS) is 4. The minimum Gasteiger partial charge on any atom is -0.530 e. The first kappa shape index (κ1) is 29.3. The first-order chi connectivity index (χ1) is 6.93. The molecule has 0 aromatic rings. The van der Waals surface area contributed by atoms with Crippen LogP contribution in [0.2, 0.25) is 0 Å². The van der Waals surface area contributed by atoms with Gasteiger partial charge in [-0.15, -0.1) is 0 Å². The Bertz CT molecular complexity index is 170. The molecule has 0 aliphatic heterocycles. The van der Waals surface area contributed by atoms with Gasteiger partial charge in [-0.3, -0.25) is 0 Å². The Balaban J connectivity index is -0.0000000369. The molecule has 0 aromatic carbocycles. The van der Waals surface area contributed by atoms with Gasteiger partial charge in [-0.05, 0) is 0 Å². The Morgan fingerprint density at radius 1 is 0.529 bits per heavy atom. The van der Waals surface area contributed by atoms with E-state index in [9.17, 15) is 0 Å². The van der Waals surface area contributed by atoms with Crippen LogP contribution in [0.25, 0.3) is 0 Å². The van der Waals surface area contributed by atoms with Crippen molar-refractivity contribution in [2.45, 2.75) is 0 Å². The SMILES string of the molecule is NC(=O)[O-].NC(=O)[O-].NC(=O)[O-].NC(=O)[O-].[W]. The van der Waals surface area contributed by atoms with Crippen LogP contribution in [0.3, 0.4) is 0 Å². The zero-order chi connectivity index (χ0) is 14.3. The molecule has 0 saturated heterocycles. The largest absolute Gasteiger partial charge is 0.530 e. The van der Waals surface area contributed by atoms with Gasteiger partial charge < -0.3 is 62.5 Å². The van der Waals surface area contributed by atoms with Crippen molar-refractivity contribution >= 4 is 24.4 Å². The van der Waals surface area contributed by atoms with E-state index in [0.717, 1.165) is 0 Å². The molecule has 17 heavy (non-hydrogen) atoms. The number of rotatable bonds is 0. The fraction of sp³-hybridized carbons (Fsp3) is 0. The molecule has 13 heteroatoms. The third-order valence-corrected chi connectivity index (χ3v) is 0. The summed E-state index contributed by atoms with van der Waals surface area (Å²) in [5, 5.41) is 34.7. The zero-order valence-electron chi connectivity index (χ0n) is 7.98. The summed E-state index contributed by atoms with van der Waals surface area (Å²) in [5.41, 5.74) is 15.7. The van der Waals surface area contributed by atoms with E-state index in [4.69, 9.17) is 39.6 Å². The summed E-state index contributed by atoms with van der Waals surface area (Å²) in [6.07, 6.45) is -6.33. The van der Waals surface area contributed by atoms with Crippen LogP contribution >= 0.6 is 0 Å². The number of amides is 4. The predicted molar refractivity (Wildman–Crippen MR) is 38.3 cm³/mol. The van der Waals surface area contributed by atoms with Crippen molar-refractivity contribution in [2.75, 3.05) is 0 Å². The van der Waals surface area contributed by atoms with Gasteiger partial charge in [-0.1, -0.05) is 0 Å². The first-order valence-corrected chi connectivity index (χ1v) is 2.79. The van der Waals surface area contributed by atoms with Gasteiger partial charge in [0.1, 0.15) is 24.4 Å². The Morgan fingerprint density at radius 2 is 0.529 bits per heavy atom. The number of hydrogen-bond donors (Lipinski definition) is 4. The second-order valence-electron chi connectivity index (χ2n) is 1.28. The van der Waals surface area contributed by atoms with Gasteiger partial charge in [0.05, 0.1) is 0 Å². The molecule has 0 aliphatic carbocycles. The van der Waals surface area contributed by atoms with E-state index in [1.165, 1.54) is 0 Å². The van der Waals surface area contributed by atoms with Crippen LogP contribution in [0.4, 0.5) is 19.2 Å². The second kappa shape index (κ2) is 23.5. The third-order valence-electron chi connectivity index (χ3n) is 0. The van der Waals surface area contributed by atoms with Gasteiger partial charge in [0, 0.05) is 21.1 Å². The Kier molecular flexibility index (Phi) is 40.6. The Hall–Kier alpha value is -2.23. The molecule has 0 rings (SSSR count). The summed E-state index contributed by atoms with van der Waals surface area (Å²) >= 11 is 0. The first-order valence-electron chi connectivity index (χ1n) is 2.79. The molecular formula is C4H8N4O8W-4. The number of hydrogen-bond acceptors (Lipinski definition) is 8. The second-order valence-corrected chi connectivity index (χ2v) is 1.28. The van der Waals surface area contributed by atoms with E-state index in [2.05, 4.69) is 22.9 Å². The van der Waals surface area contributed by atoms with Crippen molar-refractivity contribution in [1.82, 2.24) is 0 Å². The van der Waals surface area contributed by atoms with Crippen molar-refractivity contribution < 1.29 is 60.7 Å². The van der Waals surface area contributed by atoms with Crippen molar-refractivity contribution in [2.24, 2.45) is 22.9 Å². The molecule has 0 spiro atoms. The molecule has 4 amide bonds. The molecule has 0 unspecified atom stereocenters. The molecule has 0 radical (unpaired) electrons. The minimum absolute atomic E-state index is 0. The van der Waals surface area contributed by atoms with E-state index in [-0.39, 0.29) is 21.1 Å². The average molecular weight is 424 g/mol. The maximum Gasteiger partial charge on any atom is 0.131 e. The summed E-state index contributed by atoms with van der Waals surface area (Å²) in [4.78, 5) is 34.7. The number of carbonyl (C=O) groups excluding carboxylic acids is 4. The van der Waals surface area contributed by atoms with Crippen molar-refractivity contribution in [3.63, 3.8) is 0 Å². The van der Waals surface area contributed by atoms with Crippen LogP contribution in [0.1, 0.15) is 0 Å². The third kappa shape index (κ3) is 383. The molecule has 0 heterocycles. The number of carbonyl (C=O) groups is 4. The van der Waals surface area contributed by atoms with Gasteiger partial charge in [0.25, 0.3) is 0 Å². The topological polar surface area (TPSA) is 265 Å². The van der Waals surface area contributed by atoms with Gasteiger partial charge in [-0.2, -0.15) is 0 Å². The predicted octanol–water partition coefficient (Wildman–Crippen LogP) is -6.85. The maximum atomic E-state index is 8.67. The summed E-state index contributed by atoms with van der Waals surface area (Å²) in [6.45, 7) is 0. The maximum absolute atomic E-state index is 8.67. The van der Waals surface area contributed by atoms with Crippen molar-refractivity contribution in [3.8, 4) is 0 Å².